The molecule has 1 aliphatic heterocycles. The highest BCUT2D eigenvalue weighted by Gasteiger charge is 2.21. The Labute approximate surface area is 105 Å². The van der Waals surface area contributed by atoms with Crippen LogP contribution >= 0.6 is 11.8 Å². The molecule has 3 N–H and O–H groups in total. The summed E-state index contributed by atoms with van der Waals surface area (Å²) < 4.78 is 26.7. The largest absolute Gasteiger partial charge is 0.384 e. The van der Waals surface area contributed by atoms with Crippen molar-refractivity contribution in [3.63, 3.8) is 0 Å². The van der Waals surface area contributed by atoms with E-state index in [2.05, 4.69) is 9.71 Å². The number of anilines is 1. The molecule has 0 aliphatic carbocycles. The highest BCUT2D eigenvalue weighted by atomic mass is 32.2. The van der Waals surface area contributed by atoms with Gasteiger partial charge < -0.3 is 5.73 Å². The van der Waals surface area contributed by atoms with Gasteiger partial charge in [-0.1, -0.05) is 0 Å². The molecule has 94 valence electrons. The average Bonchev–Trinajstić information content (AvgIpc) is 2.30. The van der Waals surface area contributed by atoms with Gasteiger partial charge in [-0.3, -0.25) is 0 Å². The molecule has 1 saturated heterocycles. The number of sulfonamides is 1. The van der Waals surface area contributed by atoms with Crippen molar-refractivity contribution >= 4 is 27.6 Å². The molecule has 0 amide bonds. The zero-order chi connectivity index (χ0) is 12.3. The normalized spacial score (nSPS) is 18.1. The summed E-state index contributed by atoms with van der Waals surface area (Å²) in [4.78, 5) is 3.96. The van der Waals surface area contributed by atoms with Gasteiger partial charge in [0.15, 0.2) is 0 Å². The molecule has 2 rings (SSSR count). The first-order valence-electron chi connectivity index (χ1n) is 5.39. The zero-order valence-electron chi connectivity index (χ0n) is 9.30. The molecule has 0 bridgehead atoms. The molecule has 5 nitrogen and oxygen atoms in total. The molecule has 0 saturated carbocycles. The van der Waals surface area contributed by atoms with E-state index in [1.807, 2.05) is 11.8 Å². The highest BCUT2D eigenvalue weighted by Crippen LogP contribution is 2.19. The Balaban J connectivity index is 2.10. The molecular weight excluding hydrogens is 258 g/mol. The van der Waals surface area contributed by atoms with Crippen LogP contribution in [0, 0.1) is 0 Å². The fraction of sp³-hybridized carbons (Fsp3) is 0.500. The maximum absolute atomic E-state index is 12.0. The molecule has 0 aromatic carbocycles. The summed E-state index contributed by atoms with van der Waals surface area (Å²) in [6.45, 7) is 0. The predicted octanol–water partition coefficient (Wildman–Crippen LogP) is 0.838. The standard InChI is InChI=1S/C10H15N3O2S2/c11-10-2-1-9(7-12-10)17(14,15)13-8-3-5-16-6-4-8/h1-2,7-8,13H,3-6H2,(H2,11,12). The maximum atomic E-state index is 12.0. The van der Waals surface area contributed by atoms with E-state index in [9.17, 15) is 8.42 Å². The number of thioether (sulfide) groups is 1. The Morgan fingerprint density at radius 2 is 2.06 bits per heavy atom. The number of rotatable bonds is 3. The fourth-order valence-electron chi connectivity index (χ4n) is 1.65. The molecule has 0 spiro atoms. The van der Waals surface area contributed by atoms with Crippen molar-refractivity contribution in [2.24, 2.45) is 0 Å². The smallest absolute Gasteiger partial charge is 0.242 e. The van der Waals surface area contributed by atoms with Gasteiger partial charge in [-0.2, -0.15) is 11.8 Å². The van der Waals surface area contributed by atoms with E-state index in [0.717, 1.165) is 24.3 Å². The van der Waals surface area contributed by atoms with E-state index < -0.39 is 10.0 Å². The molecule has 1 aromatic rings. The second kappa shape index (κ2) is 5.24. The first-order chi connectivity index (χ1) is 8.08. The van der Waals surface area contributed by atoms with Crippen LogP contribution in [0.2, 0.25) is 0 Å². The number of nitrogen functional groups attached to an aromatic ring is 1. The van der Waals surface area contributed by atoms with Crippen LogP contribution in [0.15, 0.2) is 23.2 Å². The van der Waals surface area contributed by atoms with E-state index in [1.165, 1.54) is 18.3 Å². The molecule has 7 heteroatoms. The SMILES string of the molecule is Nc1ccc(S(=O)(=O)NC2CCSCC2)cn1. The van der Waals surface area contributed by atoms with Crippen molar-refractivity contribution in [3.05, 3.63) is 18.3 Å². The van der Waals surface area contributed by atoms with Crippen LogP contribution < -0.4 is 10.5 Å². The molecule has 2 heterocycles. The van der Waals surface area contributed by atoms with E-state index in [-0.39, 0.29) is 10.9 Å². The summed E-state index contributed by atoms with van der Waals surface area (Å²) in [5, 5.41) is 0. The van der Waals surface area contributed by atoms with Crippen molar-refractivity contribution in [2.75, 3.05) is 17.2 Å². The molecular formula is C10H15N3O2S2. The Morgan fingerprint density at radius 3 is 2.65 bits per heavy atom. The molecule has 1 fully saturated rings. The van der Waals surface area contributed by atoms with Gasteiger partial charge in [-0.25, -0.2) is 18.1 Å². The summed E-state index contributed by atoms with van der Waals surface area (Å²) in [5.41, 5.74) is 5.43. The number of nitrogens with two attached hydrogens (primary N) is 1. The van der Waals surface area contributed by atoms with Gasteiger partial charge in [0, 0.05) is 12.2 Å². The van der Waals surface area contributed by atoms with Gasteiger partial charge in [0.1, 0.15) is 10.7 Å². The molecule has 1 aliphatic rings. The lowest BCUT2D eigenvalue weighted by molar-refractivity contribution is 0.528. The van der Waals surface area contributed by atoms with E-state index in [0.29, 0.717) is 5.82 Å². The van der Waals surface area contributed by atoms with Crippen molar-refractivity contribution in [3.8, 4) is 0 Å². The lowest BCUT2D eigenvalue weighted by atomic mass is 10.2. The summed E-state index contributed by atoms with van der Waals surface area (Å²) in [6, 6.07) is 3.01. The van der Waals surface area contributed by atoms with Crippen LogP contribution in [0.3, 0.4) is 0 Å². The second-order valence-electron chi connectivity index (χ2n) is 3.93. The van der Waals surface area contributed by atoms with E-state index in [1.54, 1.807) is 0 Å². The summed E-state index contributed by atoms with van der Waals surface area (Å²) >= 11 is 1.86. The Bertz CT molecular complexity index is 467. The summed E-state index contributed by atoms with van der Waals surface area (Å²) in [7, 11) is -3.45. The number of nitrogens with zero attached hydrogens (tertiary/aromatic N) is 1. The third-order valence-corrected chi connectivity index (χ3v) is 5.17. The minimum absolute atomic E-state index is 0.0406. The van der Waals surface area contributed by atoms with Crippen LogP contribution in [-0.4, -0.2) is 30.9 Å². The van der Waals surface area contributed by atoms with Gasteiger partial charge in [0.05, 0.1) is 0 Å². The van der Waals surface area contributed by atoms with Crippen molar-refractivity contribution in [1.82, 2.24) is 9.71 Å². The quantitative estimate of drug-likeness (QED) is 0.852. The first kappa shape index (κ1) is 12.7. The Morgan fingerprint density at radius 1 is 1.35 bits per heavy atom. The third-order valence-electron chi connectivity index (χ3n) is 2.61. The molecule has 0 radical (unpaired) electrons. The summed E-state index contributed by atoms with van der Waals surface area (Å²) in [6.07, 6.45) is 3.05. The van der Waals surface area contributed by atoms with Crippen molar-refractivity contribution in [1.29, 1.82) is 0 Å². The van der Waals surface area contributed by atoms with Crippen LogP contribution in [-0.2, 0) is 10.0 Å². The first-order valence-corrected chi connectivity index (χ1v) is 8.03. The van der Waals surface area contributed by atoms with Gasteiger partial charge in [0.2, 0.25) is 10.0 Å². The van der Waals surface area contributed by atoms with Gasteiger partial charge >= 0.3 is 0 Å². The lowest BCUT2D eigenvalue weighted by Crippen LogP contribution is -2.37. The van der Waals surface area contributed by atoms with Gasteiger partial charge in [-0.05, 0) is 36.5 Å². The topological polar surface area (TPSA) is 85.1 Å². The van der Waals surface area contributed by atoms with Gasteiger partial charge in [0.25, 0.3) is 0 Å². The number of hydrogen-bond acceptors (Lipinski definition) is 5. The Hall–Kier alpha value is -0.790. The second-order valence-corrected chi connectivity index (χ2v) is 6.87. The van der Waals surface area contributed by atoms with Crippen molar-refractivity contribution < 1.29 is 8.42 Å². The predicted molar refractivity (Wildman–Crippen MR) is 69.3 cm³/mol. The molecule has 0 atom stereocenters. The third kappa shape index (κ3) is 3.34. The molecule has 1 aromatic heterocycles. The van der Waals surface area contributed by atoms with Crippen LogP contribution in [0.5, 0.6) is 0 Å². The highest BCUT2D eigenvalue weighted by molar-refractivity contribution is 7.99. The average molecular weight is 273 g/mol. The number of pyridine rings is 1. The maximum Gasteiger partial charge on any atom is 0.242 e. The van der Waals surface area contributed by atoms with Crippen LogP contribution in [0.25, 0.3) is 0 Å². The van der Waals surface area contributed by atoms with Crippen LogP contribution in [0.4, 0.5) is 5.82 Å². The van der Waals surface area contributed by atoms with Crippen molar-refractivity contribution in [2.45, 2.75) is 23.8 Å². The Kier molecular flexibility index (Phi) is 3.90. The summed E-state index contributed by atoms with van der Waals surface area (Å²) in [5.74, 6) is 2.33. The molecule has 0 unspecified atom stereocenters. The number of hydrogen-bond donors (Lipinski definition) is 2. The fourth-order valence-corrected chi connectivity index (χ4v) is 4.01. The van der Waals surface area contributed by atoms with E-state index in [4.69, 9.17) is 5.73 Å². The van der Waals surface area contributed by atoms with E-state index >= 15 is 0 Å². The zero-order valence-corrected chi connectivity index (χ0v) is 10.9. The minimum Gasteiger partial charge on any atom is -0.384 e. The number of nitrogens with one attached hydrogen (secondary N) is 1. The monoisotopic (exact) mass is 273 g/mol. The van der Waals surface area contributed by atoms with Gasteiger partial charge in [-0.15, -0.1) is 0 Å². The lowest BCUT2D eigenvalue weighted by Gasteiger charge is -2.22. The molecule has 17 heavy (non-hydrogen) atoms. The van der Waals surface area contributed by atoms with Crippen LogP contribution in [0.1, 0.15) is 12.8 Å². The minimum atomic E-state index is -3.45. The number of aromatic nitrogens is 1.